The van der Waals surface area contributed by atoms with Gasteiger partial charge in [0, 0.05) is 19.0 Å². The average molecular weight is 456 g/mol. The van der Waals surface area contributed by atoms with E-state index in [2.05, 4.69) is 9.97 Å². The highest BCUT2D eigenvalue weighted by Gasteiger charge is 2.26. The molecular weight excluding hydrogens is 429 g/mol. The van der Waals surface area contributed by atoms with Crippen molar-refractivity contribution in [1.82, 2.24) is 14.9 Å². The summed E-state index contributed by atoms with van der Waals surface area (Å²) in [5.41, 5.74) is 0.0527. The van der Waals surface area contributed by atoms with Crippen molar-refractivity contribution in [2.75, 3.05) is 19.8 Å². The molecule has 2 rings (SSSR count). The summed E-state index contributed by atoms with van der Waals surface area (Å²) in [4.78, 5) is 34.5. The van der Waals surface area contributed by atoms with Gasteiger partial charge >= 0.3 is 0 Å². The molecule has 0 aliphatic carbocycles. The molecule has 0 spiro atoms. The third kappa shape index (κ3) is 5.97. The van der Waals surface area contributed by atoms with Crippen LogP contribution in [0, 0.1) is 0 Å². The van der Waals surface area contributed by atoms with Crippen molar-refractivity contribution in [2.24, 2.45) is 0 Å². The van der Waals surface area contributed by atoms with Crippen LogP contribution in [0.15, 0.2) is 23.0 Å². The lowest BCUT2D eigenvalue weighted by Gasteiger charge is -2.26. The van der Waals surface area contributed by atoms with Gasteiger partial charge in [0.1, 0.15) is 5.82 Å². The number of H-pyrrole nitrogens is 1. The molecule has 0 aliphatic heterocycles. The highest BCUT2D eigenvalue weighted by atomic mass is 35.5. The minimum absolute atomic E-state index is 0.0786. The number of nitrogens with zero attached hydrogens (tertiary/aromatic N) is 2. The quantitative estimate of drug-likeness (QED) is 0.532. The molecule has 0 fully saturated rings. The smallest absolute Gasteiger partial charge is 0.294 e. The molecule has 0 saturated carbocycles. The highest BCUT2D eigenvalue weighted by Crippen LogP contribution is 2.27. The number of rotatable bonds is 10. The van der Waals surface area contributed by atoms with Crippen LogP contribution in [0.4, 0.5) is 0 Å². The molecule has 1 heterocycles. The van der Waals surface area contributed by atoms with E-state index >= 15 is 0 Å². The van der Waals surface area contributed by atoms with Gasteiger partial charge in [-0.25, -0.2) is 4.98 Å². The van der Waals surface area contributed by atoms with E-state index in [4.69, 9.17) is 27.9 Å². The molecule has 1 aromatic heterocycles. The maximum Gasteiger partial charge on any atom is 0.294 e. The number of aliphatic hydroxyl groups excluding tert-OH is 1. The zero-order valence-corrected chi connectivity index (χ0v) is 18.9. The monoisotopic (exact) mass is 455 g/mol. The first-order valence-corrected chi connectivity index (χ1v) is 10.7. The Hall–Kier alpha value is -2.09. The van der Waals surface area contributed by atoms with Gasteiger partial charge in [-0.05, 0) is 31.9 Å². The Bertz CT molecular complexity index is 931. The van der Waals surface area contributed by atoms with Gasteiger partial charge in [-0.15, -0.1) is 0 Å². The lowest BCUT2D eigenvalue weighted by Crippen LogP contribution is -2.40. The van der Waals surface area contributed by atoms with E-state index in [1.807, 2.05) is 20.8 Å². The molecule has 164 valence electrons. The van der Waals surface area contributed by atoms with Gasteiger partial charge in [-0.2, -0.15) is 0 Å². The van der Waals surface area contributed by atoms with Crippen LogP contribution in [0.5, 0.6) is 5.75 Å². The molecule has 0 unspecified atom stereocenters. The van der Waals surface area contributed by atoms with Gasteiger partial charge in [0.05, 0.1) is 23.3 Å². The summed E-state index contributed by atoms with van der Waals surface area (Å²) in [7, 11) is 0. The molecule has 0 atom stereocenters. The van der Waals surface area contributed by atoms with Crippen molar-refractivity contribution in [3.8, 4) is 5.75 Å². The molecule has 30 heavy (non-hydrogen) atoms. The number of nitrogens with one attached hydrogen (secondary N) is 1. The third-order valence-electron chi connectivity index (χ3n) is 4.49. The fourth-order valence-electron chi connectivity index (χ4n) is 2.89. The normalized spacial score (nSPS) is 11.0. The Morgan fingerprint density at radius 2 is 2.07 bits per heavy atom. The molecule has 0 aliphatic rings. The lowest BCUT2D eigenvalue weighted by molar-refractivity contribution is 0.0653. The molecule has 1 aromatic carbocycles. The summed E-state index contributed by atoms with van der Waals surface area (Å²) in [5, 5.41) is 10.1. The number of carbonyl (C=O) groups is 1. The maximum atomic E-state index is 13.2. The van der Waals surface area contributed by atoms with E-state index in [1.54, 1.807) is 18.2 Å². The van der Waals surface area contributed by atoms with Crippen LogP contribution < -0.4 is 10.3 Å². The summed E-state index contributed by atoms with van der Waals surface area (Å²) in [6.45, 7) is 5.86. The van der Waals surface area contributed by atoms with Gasteiger partial charge in [-0.1, -0.05) is 48.7 Å². The molecule has 0 saturated heterocycles. The fourth-order valence-corrected chi connectivity index (χ4v) is 3.28. The number of ether oxygens (including phenoxy) is 1. The summed E-state index contributed by atoms with van der Waals surface area (Å²) in [6, 6.07) is 4.99. The number of aliphatic hydroxyl groups is 1. The number of unbranched alkanes of at least 4 members (excludes halogenated alkanes) is 1. The molecule has 2 N–H and O–H groups in total. The van der Waals surface area contributed by atoms with Gasteiger partial charge in [0.25, 0.3) is 11.5 Å². The zero-order valence-electron chi connectivity index (χ0n) is 17.4. The van der Waals surface area contributed by atoms with E-state index in [0.717, 1.165) is 12.8 Å². The van der Waals surface area contributed by atoms with Crippen LogP contribution in [0.25, 0.3) is 0 Å². The Balaban J connectivity index is 2.50. The average Bonchev–Trinajstić information content (AvgIpc) is 2.70. The van der Waals surface area contributed by atoms with Crippen LogP contribution in [0.1, 0.15) is 55.5 Å². The van der Waals surface area contributed by atoms with Gasteiger partial charge in [0.2, 0.25) is 5.75 Å². The van der Waals surface area contributed by atoms with Crippen LogP contribution in [0.3, 0.4) is 0 Å². The number of aromatic amines is 1. The van der Waals surface area contributed by atoms with E-state index < -0.39 is 11.5 Å². The largest absolute Gasteiger partial charge is 0.486 e. The maximum absolute atomic E-state index is 13.2. The van der Waals surface area contributed by atoms with Gasteiger partial charge < -0.3 is 19.7 Å². The number of hydrogen-bond donors (Lipinski definition) is 2. The predicted molar refractivity (Wildman–Crippen MR) is 118 cm³/mol. The van der Waals surface area contributed by atoms with E-state index in [9.17, 15) is 14.7 Å². The summed E-state index contributed by atoms with van der Waals surface area (Å²) in [6.07, 6.45) is 1.80. The number of carbonyl (C=O) groups excluding carboxylic acids is 1. The second-order valence-electron chi connectivity index (χ2n) is 7.10. The molecule has 9 heteroatoms. The van der Waals surface area contributed by atoms with Crippen molar-refractivity contribution in [3.05, 3.63) is 55.7 Å². The van der Waals surface area contributed by atoms with E-state index in [1.165, 1.54) is 4.90 Å². The molecule has 2 aromatic rings. The molecule has 0 radical (unpaired) electrons. The summed E-state index contributed by atoms with van der Waals surface area (Å²) < 4.78 is 5.62. The summed E-state index contributed by atoms with van der Waals surface area (Å²) in [5.74, 6) is -0.323. The standard InChI is InChI=1S/C21H27Cl2N3O4/c1-4-5-11-30-19-18(21(29)26(9-10-27)13(2)3)24-16(25-20(19)28)12-14-7-6-8-15(22)17(14)23/h6-8,13,27H,4-5,9-12H2,1-3H3,(H,24,25,28). The van der Waals surface area contributed by atoms with Crippen molar-refractivity contribution < 1.29 is 14.6 Å². The SMILES string of the molecule is CCCCOc1c(C(=O)N(CCO)C(C)C)nc(Cc2cccc(Cl)c2Cl)[nH]c1=O. The Kier molecular flexibility index (Phi) is 9.14. The second-order valence-corrected chi connectivity index (χ2v) is 7.88. The third-order valence-corrected chi connectivity index (χ3v) is 5.35. The molecule has 1 amide bonds. The number of hydrogen-bond acceptors (Lipinski definition) is 5. The summed E-state index contributed by atoms with van der Waals surface area (Å²) >= 11 is 12.3. The van der Waals surface area contributed by atoms with Crippen LogP contribution in [-0.4, -0.2) is 51.7 Å². The highest BCUT2D eigenvalue weighted by molar-refractivity contribution is 6.42. The van der Waals surface area contributed by atoms with Crippen LogP contribution >= 0.6 is 23.2 Å². The van der Waals surface area contributed by atoms with E-state index in [0.29, 0.717) is 22.2 Å². The molecular formula is C21H27Cl2N3O4. The Labute approximate surface area is 186 Å². The molecule has 0 bridgehead atoms. The minimum atomic E-state index is -0.537. The zero-order chi connectivity index (χ0) is 22.3. The topological polar surface area (TPSA) is 95.5 Å². The van der Waals surface area contributed by atoms with Crippen LogP contribution in [0.2, 0.25) is 10.0 Å². The van der Waals surface area contributed by atoms with Crippen molar-refractivity contribution in [1.29, 1.82) is 0 Å². The Morgan fingerprint density at radius 1 is 1.33 bits per heavy atom. The minimum Gasteiger partial charge on any atom is -0.486 e. The van der Waals surface area contributed by atoms with Crippen molar-refractivity contribution >= 4 is 29.1 Å². The first-order chi connectivity index (χ1) is 14.3. The van der Waals surface area contributed by atoms with Crippen LogP contribution in [-0.2, 0) is 6.42 Å². The lowest BCUT2D eigenvalue weighted by atomic mass is 10.1. The first kappa shape index (κ1) is 24.2. The number of benzene rings is 1. The van der Waals surface area contributed by atoms with E-state index in [-0.39, 0.29) is 42.9 Å². The van der Waals surface area contributed by atoms with Crippen molar-refractivity contribution in [3.63, 3.8) is 0 Å². The first-order valence-electron chi connectivity index (χ1n) is 9.90. The molecule has 7 nitrogen and oxygen atoms in total. The van der Waals surface area contributed by atoms with Crippen molar-refractivity contribution in [2.45, 2.75) is 46.1 Å². The van der Waals surface area contributed by atoms with Gasteiger partial charge in [0.15, 0.2) is 5.69 Å². The van der Waals surface area contributed by atoms with Gasteiger partial charge in [-0.3, -0.25) is 9.59 Å². The predicted octanol–water partition coefficient (Wildman–Crippen LogP) is 3.69. The number of aromatic nitrogens is 2. The Morgan fingerprint density at radius 3 is 2.70 bits per heavy atom. The second kappa shape index (κ2) is 11.3. The number of amides is 1. The fraction of sp³-hybridized carbons (Fsp3) is 0.476. The number of halogens is 2.